The van der Waals surface area contributed by atoms with Crippen molar-refractivity contribution in [2.75, 3.05) is 7.05 Å². The summed E-state index contributed by atoms with van der Waals surface area (Å²) in [6.07, 6.45) is 0.552. The van der Waals surface area contributed by atoms with E-state index in [0.717, 1.165) is 16.7 Å². The van der Waals surface area contributed by atoms with Gasteiger partial charge < -0.3 is 5.32 Å². The van der Waals surface area contributed by atoms with Gasteiger partial charge in [-0.3, -0.25) is 0 Å². The molecule has 2 aromatic rings. The Hall–Kier alpha value is -1.74. The molecule has 0 amide bonds. The van der Waals surface area contributed by atoms with Crippen LogP contribution in [-0.2, 0) is 6.42 Å². The Bertz CT molecular complexity index is 567. The van der Waals surface area contributed by atoms with Crippen molar-refractivity contribution in [1.82, 2.24) is 5.32 Å². The normalized spacial score (nSPS) is 12.4. The summed E-state index contributed by atoms with van der Waals surface area (Å²) in [5.74, 6) is -1.01. The average molecular weight is 275 g/mol. The molecular formula is C17H19F2N. The van der Waals surface area contributed by atoms with Gasteiger partial charge in [0.25, 0.3) is 0 Å². The lowest BCUT2D eigenvalue weighted by Gasteiger charge is -2.19. The summed E-state index contributed by atoms with van der Waals surface area (Å²) in [6, 6.07) is 9.79. The van der Waals surface area contributed by atoms with Crippen molar-refractivity contribution in [3.63, 3.8) is 0 Å². The summed E-state index contributed by atoms with van der Waals surface area (Å²) >= 11 is 0. The maximum Gasteiger partial charge on any atom is 0.130 e. The molecule has 0 saturated carbocycles. The number of rotatable bonds is 4. The molecule has 1 atom stereocenters. The summed E-state index contributed by atoms with van der Waals surface area (Å²) in [7, 11) is 1.72. The lowest BCUT2D eigenvalue weighted by Crippen LogP contribution is -2.21. The molecule has 0 fully saturated rings. The number of hydrogen-bond donors (Lipinski definition) is 1. The van der Waals surface area contributed by atoms with Crippen LogP contribution in [0.5, 0.6) is 0 Å². The second-order valence-corrected chi connectivity index (χ2v) is 5.18. The minimum Gasteiger partial charge on any atom is -0.313 e. The Kier molecular flexibility index (Phi) is 4.50. The average Bonchev–Trinajstić information content (AvgIpc) is 2.36. The number of nitrogens with one attached hydrogen (secondary N) is 1. The Morgan fingerprint density at radius 3 is 2.05 bits per heavy atom. The van der Waals surface area contributed by atoms with Crippen LogP contribution in [0, 0.1) is 25.5 Å². The molecule has 0 spiro atoms. The third-order valence-corrected chi connectivity index (χ3v) is 3.42. The topological polar surface area (TPSA) is 12.0 Å². The molecule has 1 N–H and O–H groups in total. The Labute approximate surface area is 118 Å². The molecule has 1 unspecified atom stereocenters. The fourth-order valence-corrected chi connectivity index (χ4v) is 2.61. The smallest absolute Gasteiger partial charge is 0.130 e. The van der Waals surface area contributed by atoms with Crippen LogP contribution in [0.15, 0.2) is 36.4 Å². The zero-order chi connectivity index (χ0) is 14.7. The molecule has 0 radical (unpaired) electrons. The molecule has 0 aliphatic carbocycles. The van der Waals surface area contributed by atoms with Crippen LogP contribution in [0.25, 0.3) is 0 Å². The highest BCUT2D eigenvalue weighted by atomic mass is 19.1. The van der Waals surface area contributed by atoms with Gasteiger partial charge in [-0.05, 0) is 45.0 Å². The van der Waals surface area contributed by atoms with E-state index in [1.54, 1.807) is 7.05 Å². The molecule has 0 saturated heterocycles. The van der Waals surface area contributed by atoms with E-state index in [9.17, 15) is 8.78 Å². The minimum absolute atomic E-state index is 0.106. The maximum absolute atomic E-state index is 13.9. The van der Waals surface area contributed by atoms with Crippen molar-refractivity contribution in [2.45, 2.75) is 26.3 Å². The van der Waals surface area contributed by atoms with Crippen molar-refractivity contribution < 1.29 is 8.78 Å². The number of aryl methyl sites for hydroxylation is 2. The van der Waals surface area contributed by atoms with Gasteiger partial charge in [-0.2, -0.15) is 0 Å². The highest BCUT2D eigenvalue weighted by Crippen LogP contribution is 2.24. The molecule has 3 heteroatoms. The molecule has 2 aromatic carbocycles. The third-order valence-electron chi connectivity index (χ3n) is 3.42. The highest BCUT2D eigenvalue weighted by Gasteiger charge is 2.19. The molecule has 0 aliphatic rings. The molecular weight excluding hydrogens is 256 g/mol. The zero-order valence-corrected chi connectivity index (χ0v) is 12.0. The van der Waals surface area contributed by atoms with Crippen LogP contribution in [0.4, 0.5) is 8.78 Å². The fourth-order valence-electron chi connectivity index (χ4n) is 2.61. The fraction of sp³-hybridized carbons (Fsp3) is 0.294. The second-order valence-electron chi connectivity index (χ2n) is 5.18. The van der Waals surface area contributed by atoms with Crippen molar-refractivity contribution in [3.8, 4) is 0 Å². The van der Waals surface area contributed by atoms with Crippen LogP contribution in [0.1, 0.15) is 28.3 Å². The summed E-state index contributed by atoms with van der Waals surface area (Å²) in [5.41, 5.74) is 3.49. The summed E-state index contributed by atoms with van der Waals surface area (Å²) in [4.78, 5) is 0. The first kappa shape index (κ1) is 14.7. The number of halogens is 2. The summed E-state index contributed by atoms with van der Waals surface area (Å²) < 4.78 is 27.7. The van der Waals surface area contributed by atoms with Gasteiger partial charge in [0, 0.05) is 11.6 Å². The molecule has 1 nitrogen and oxygen atoms in total. The quantitative estimate of drug-likeness (QED) is 0.886. The zero-order valence-electron chi connectivity index (χ0n) is 12.0. The van der Waals surface area contributed by atoms with Gasteiger partial charge in [0.05, 0.1) is 0 Å². The van der Waals surface area contributed by atoms with E-state index in [4.69, 9.17) is 0 Å². The lowest BCUT2D eigenvalue weighted by molar-refractivity contribution is 0.489. The minimum atomic E-state index is -0.506. The molecule has 2 rings (SSSR count). The predicted molar refractivity (Wildman–Crippen MR) is 77.8 cm³/mol. The summed E-state index contributed by atoms with van der Waals surface area (Å²) in [5, 5.41) is 3.01. The third kappa shape index (κ3) is 3.23. The summed E-state index contributed by atoms with van der Waals surface area (Å²) in [6.45, 7) is 4.04. The Morgan fingerprint density at radius 2 is 1.55 bits per heavy atom. The molecule has 0 aromatic heterocycles. The molecule has 0 heterocycles. The first-order valence-corrected chi connectivity index (χ1v) is 6.69. The second kappa shape index (κ2) is 6.14. The number of likely N-dealkylation sites (N-methyl/N-ethyl adjacent to an activating group) is 1. The van der Waals surface area contributed by atoms with Crippen LogP contribution in [0.2, 0.25) is 0 Å². The van der Waals surface area contributed by atoms with Gasteiger partial charge >= 0.3 is 0 Å². The molecule has 0 aliphatic heterocycles. The van der Waals surface area contributed by atoms with E-state index in [1.807, 2.05) is 13.8 Å². The monoisotopic (exact) mass is 275 g/mol. The van der Waals surface area contributed by atoms with Crippen LogP contribution >= 0.6 is 0 Å². The maximum atomic E-state index is 13.9. The van der Waals surface area contributed by atoms with E-state index >= 15 is 0 Å². The molecule has 20 heavy (non-hydrogen) atoms. The number of hydrogen-bond acceptors (Lipinski definition) is 1. The molecule has 106 valence electrons. The SMILES string of the molecule is CNC(Cc1cc(C)cc(C)c1)c1c(F)cccc1F. The molecule has 0 bridgehead atoms. The van der Waals surface area contributed by atoms with Gasteiger partial charge in [-0.25, -0.2) is 8.78 Å². The van der Waals surface area contributed by atoms with Gasteiger partial charge in [-0.15, -0.1) is 0 Å². The van der Waals surface area contributed by atoms with E-state index in [0.29, 0.717) is 6.42 Å². The van der Waals surface area contributed by atoms with E-state index in [2.05, 4.69) is 23.5 Å². The Morgan fingerprint density at radius 1 is 1.00 bits per heavy atom. The van der Waals surface area contributed by atoms with Crippen LogP contribution in [0.3, 0.4) is 0 Å². The first-order chi connectivity index (χ1) is 9.51. The predicted octanol–water partition coefficient (Wildman–Crippen LogP) is 4.08. The van der Waals surface area contributed by atoms with Gasteiger partial charge in [0.2, 0.25) is 0 Å². The van der Waals surface area contributed by atoms with E-state index in [1.165, 1.54) is 18.2 Å². The van der Waals surface area contributed by atoms with E-state index in [-0.39, 0.29) is 11.6 Å². The van der Waals surface area contributed by atoms with Gasteiger partial charge in [-0.1, -0.05) is 35.4 Å². The van der Waals surface area contributed by atoms with Crippen molar-refractivity contribution in [2.24, 2.45) is 0 Å². The van der Waals surface area contributed by atoms with Crippen molar-refractivity contribution in [1.29, 1.82) is 0 Å². The van der Waals surface area contributed by atoms with Crippen LogP contribution < -0.4 is 5.32 Å². The first-order valence-electron chi connectivity index (χ1n) is 6.69. The van der Waals surface area contributed by atoms with E-state index < -0.39 is 11.6 Å². The number of benzene rings is 2. The van der Waals surface area contributed by atoms with Crippen molar-refractivity contribution in [3.05, 3.63) is 70.3 Å². The van der Waals surface area contributed by atoms with Gasteiger partial charge in [0.1, 0.15) is 11.6 Å². The Balaban J connectivity index is 2.34. The standard InChI is InChI=1S/C17H19F2N/c1-11-7-12(2)9-13(8-11)10-16(20-3)17-14(18)5-4-6-15(17)19/h4-9,16,20H,10H2,1-3H3. The highest BCUT2D eigenvalue weighted by molar-refractivity contribution is 5.31. The lowest BCUT2D eigenvalue weighted by atomic mass is 9.96. The van der Waals surface area contributed by atoms with Crippen molar-refractivity contribution >= 4 is 0 Å². The van der Waals surface area contributed by atoms with Crippen LogP contribution in [-0.4, -0.2) is 7.05 Å². The largest absolute Gasteiger partial charge is 0.313 e. The van der Waals surface area contributed by atoms with Gasteiger partial charge in [0.15, 0.2) is 0 Å².